The quantitative estimate of drug-likeness (QED) is 0.398. The van der Waals surface area contributed by atoms with Crippen LogP contribution in [-0.4, -0.2) is 59.0 Å². The fraction of sp³-hybridized carbons (Fsp3) is 0.259. The lowest BCUT2D eigenvalue weighted by Crippen LogP contribution is -2.50. The van der Waals surface area contributed by atoms with Crippen LogP contribution in [0.5, 0.6) is 11.5 Å². The molecule has 0 saturated heterocycles. The Morgan fingerprint density at radius 1 is 0.974 bits per heavy atom. The molecule has 0 bridgehead atoms. The van der Waals surface area contributed by atoms with Crippen molar-refractivity contribution >= 4 is 27.5 Å². The summed E-state index contributed by atoms with van der Waals surface area (Å²) in [6, 6.07) is 17.0. The molecule has 1 unspecified atom stereocenters. The van der Waals surface area contributed by atoms with Crippen molar-refractivity contribution in [2.45, 2.75) is 24.4 Å². The number of benzene rings is 3. The Hall–Kier alpha value is -4.12. The minimum atomic E-state index is -4.30. The van der Waals surface area contributed by atoms with E-state index in [1.54, 1.807) is 30.3 Å². The smallest absolute Gasteiger partial charge is 0.264 e. The summed E-state index contributed by atoms with van der Waals surface area (Å²) in [5, 5.41) is 2.48. The second kappa shape index (κ2) is 12.4. The molecule has 1 atom stereocenters. The number of hydrogen-bond acceptors (Lipinski definition) is 6. The minimum absolute atomic E-state index is 0.0577. The van der Waals surface area contributed by atoms with Crippen LogP contribution in [0.2, 0.25) is 0 Å². The molecular weight excluding hydrogens is 513 g/mol. The number of hydrogen-bond donors (Lipinski definition) is 1. The molecule has 0 saturated carbocycles. The number of carbonyl (C=O) groups excluding carboxylic acids is 2. The first-order valence-corrected chi connectivity index (χ1v) is 13.1. The number of amides is 2. The van der Waals surface area contributed by atoms with Gasteiger partial charge in [-0.1, -0.05) is 36.4 Å². The lowest BCUT2D eigenvalue weighted by Gasteiger charge is -2.32. The van der Waals surface area contributed by atoms with Gasteiger partial charge < -0.3 is 19.7 Å². The molecule has 0 radical (unpaired) electrons. The Bertz CT molecular complexity index is 1380. The van der Waals surface area contributed by atoms with Gasteiger partial charge in [-0.3, -0.25) is 13.9 Å². The van der Waals surface area contributed by atoms with Gasteiger partial charge in [0, 0.05) is 25.2 Å². The van der Waals surface area contributed by atoms with Gasteiger partial charge in [0.1, 0.15) is 29.9 Å². The molecule has 0 aliphatic rings. The van der Waals surface area contributed by atoms with E-state index in [0.29, 0.717) is 5.75 Å². The van der Waals surface area contributed by atoms with Crippen molar-refractivity contribution < 1.29 is 31.9 Å². The molecule has 0 aromatic heterocycles. The number of anilines is 1. The Labute approximate surface area is 221 Å². The zero-order chi connectivity index (χ0) is 27.9. The van der Waals surface area contributed by atoms with E-state index in [0.717, 1.165) is 9.21 Å². The highest BCUT2D eigenvalue weighted by molar-refractivity contribution is 7.92. The monoisotopic (exact) mass is 543 g/mol. The highest BCUT2D eigenvalue weighted by atomic mass is 32.2. The first-order valence-electron chi connectivity index (χ1n) is 11.7. The SMILES string of the molecule is CNC(=O)C(C)N(Cc1ccccc1F)C(=O)CN(c1cc(OC)ccc1OC)S(=O)(=O)c1ccccc1. The van der Waals surface area contributed by atoms with E-state index in [4.69, 9.17) is 9.47 Å². The van der Waals surface area contributed by atoms with Gasteiger partial charge in [0.05, 0.1) is 24.8 Å². The Kier molecular flexibility index (Phi) is 9.30. The van der Waals surface area contributed by atoms with E-state index in [-0.39, 0.29) is 28.4 Å². The van der Waals surface area contributed by atoms with Crippen LogP contribution in [0.4, 0.5) is 10.1 Å². The van der Waals surface area contributed by atoms with Crippen LogP contribution in [0.25, 0.3) is 0 Å². The van der Waals surface area contributed by atoms with Crippen molar-refractivity contribution in [2.75, 3.05) is 32.1 Å². The van der Waals surface area contributed by atoms with Crippen LogP contribution >= 0.6 is 0 Å². The third-order valence-corrected chi connectivity index (χ3v) is 7.75. The molecular formula is C27H30FN3O6S. The van der Waals surface area contributed by atoms with Gasteiger partial charge in [-0.15, -0.1) is 0 Å². The largest absolute Gasteiger partial charge is 0.497 e. The summed E-state index contributed by atoms with van der Waals surface area (Å²) in [5.41, 5.74) is 0.232. The van der Waals surface area contributed by atoms with Gasteiger partial charge in [-0.2, -0.15) is 0 Å². The van der Waals surface area contributed by atoms with Crippen molar-refractivity contribution in [3.63, 3.8) is 0 Å². The first-order chi connectivity index (χ1) is 18.1. The molecule has 0 spiro atoms. The Morgan fingerprint density at radius 3 is 2.24 bits per heavy atom. The summed E-state index contributed by atoms with van der Waals surface area (Å²) < 4.78 is 53.8. The van der Waals surface area contributed by atoms with E-state index >= 15 is 0 Å². The van der Waals surface area contributed by atoms with Gasteiger partial charge in [0.15, 0.2) is 0 Å². The molecule has 9 nitrogen and oxygen atoms in total. The molecule has 0 aliphatic heterocycles. The minimum Gasteiger partial charge on any atom is -0.497 e. The standard InChI is InChI=1S/C27H30FN3O6S/c1-19(27(33)29-2)30(17-20-10-8-9-13-23(20)28)26(32)18-31(38(34,35)22-11-6-5-7-12-22)24-16-21(36-3)14-15-25(24)37-4/h5-16,19H,17-18H2,1-4H3,(H,29,33). The summed E-state index contributed by atoms with van der Waals surface area (Å²) in [7, 11) is -0.0844. The van der Waals surface area contributed by atoms with Crippen LogP contribution in [-0.2, 0) is 26.2 Å². The maximum absolute atomic E-state index is 14.5. The molecule has 202 valence electrons. The Morgan fingerprint density at radius 2 is 1.63 bits per heavy atom. The van der Waals surface area contributed by atoms with Gasteiger partial charge in [0.2, 0.25) is 11.8 Å². The summed E-state index contributed by atoms with van der Waals surface area (Å²) in [4.78, 5) is 27.4. The molecule has 3 rings (SSSR count). The summed E-state index contributed by atoms with van der Waals surface area (Å²) in [6.07, 6.45) is 0. The number of ether oxygens (including phenoxy) is 2. The maximum Gasteiger partial charge on any atom is 0.264 e. The van der Waals surface area contributed by atoms with Gasteiger partial charge in [-0.05, 0) is 37.3 Å². The highest BCUT2D eigenvalue weighted by Crippen LogP contribution is 2.36. The molecule has 3 aromatic carbocycles. The van der Waals surface area contributed by atoms with Crippen molar-refractivity contribution in [2.24, 2.45) is 0 Å². The average Bonchev–Trinajstić information content (AvgIpc) is 2.94. The number of methoxy groups -OCH3 is 2. The number of likely N-dealkylation sites (N-methyl/N-ethyl adjacent to an activating group) is 1. The maximum atomic E-state index is 14.5. The van der Waals surface area contributed by atoms with Gasteiger partial charge in [-0.25, -0.2) is 12.8 Å². The molecule has 0 fully saturated rings. The average molecular weight is 544 g/mol. The van der Waals surface area contributed by atoms with Gasteiger partial charge >= 0.3 is 0 Å². The van der Waals surface area contributed by atoms with Crippen molar-refractivity contribution in [1.82, 2.24) is 10.2 Å². The zero-order valence-electron chi connectivity index (χ0n) is 21.5. The molecule has 0 heterocycles. The molecule has 3 aromatic rings. The lowest BCUT2D eigenvalue weighted by molar-refractivity contribution is -0.139. The molecule has 1 N–H and O–H groups in total. The summed E-state index contributed by atoms with van der Waals surface area (Å²) in [5.74, 6) is -1.26. The fourth-order valence-electron chi connectivity index (χ4n) is 3.83. The number of sulfonamides is 1. The van der Waals surface area contributed by atoms with E-state index in [9.17, 15) is 22.4 Å². The Balaban J connectivity index is 2.13. The fourth-order valence-corrected chi connectivity index (χ4v) is 5.26. The van der Waals surface area contributed by atoms with Crippen LogP contribution in [0.3, 0.4) is 0 Å². The van der Waals surface area contributed by atoms with E-state index < -0.39 is 40.2 Å². The zero-order valence-corrected chi connectivity index (χ0v) is 22.4. The van der Waals surface area contributed by atoms with Crippen LogP contribution in [0, 0.1) is 5.82 Å². The molecule has 38 heavy (non-hydrogen) atoms. The lowest BCUT2D eigenvalue weighted by atomic mass is 10.1. The predicted molar refractivity (Wildman–Crippen MR) is 141 cm³/mol. The van der Waals surface area contributed by atoms with Crippen molar-refractivity contribution in [3.05, 3.63) is 84.2 Å². The van der Waals surface area contributed by atoms with Crippen LogP contribution < -0.4 is 19.1 Å². The number of rotatable bonds is 11. The number of nitrogens with zero attached hydrogens (tertiary/aromatic N) is 2. The second-order valence-corrected chi connectivity index (χ2v) is 10.1. The number of nitrogens with one attached hydrogen (secondary N) is 1. The molecule has 11 heteroatoms. The summed E-state index contributed by atoms with van der Waals surface area (Å²) in [6.45, 7) is 0.533. The van der Waals surface area contributed by atoms with E-state index in [1.165, 1.54) is 70.7 Å². The number of carbonyl (C=O) groups is 2. The first kappa shape index (κ1) is 28.5. The topological polar surface area (TPSA) is 105 Å². The normalized spacial score (nSPS) is 11.8. The molecule has 0 aliphatic carbocycles. The van der Waals surface area contributed by atoms with E-state index in [2.05, 4.69) is 5.32 Å². The van der Waals surface area contributed by atoms with Crippen molar-refractivity contribution in [3.8, 4) is 11.5 Å². The predicted octanol–water partition coefficient (Wildman–Crippen LogP) is 3.20. The third kappa shape index (κ3) is 6.23. The number of halogens is 1. The third-order valence-electron chi connectivity index (χ3n) is 5.98. The van der Waals surface area contributed by atoms with Crippen molar-refractivity contribution in [1.29, 1.82) is 0 Å². The van der Waals surface area contributed by atoms with Crippen LogP contribution in [0.1, 0.15) is 12.5 Å². The highest BCUT2D eigenvalue weighted by Gasteiger charge is 2.34. The second-order valence-electron chi connectivity index (χ2n) is 8.27. The van der Waals surface area contributed by atoms with Gasteiger partial charge in [0.25, 0.3) is 10.0 Å². The van der Waals surface area contributed by atoms with Crippen LogP contribution in [0.15, 0.2) is 77.7 Å². The molecule has 2 amide bonds. The summed E-state index contributed by atoms with van der Waals surface area (Å²) >= 11 is 0. The van der Waals surface area contributed by atoms with E-state index in [1.807, 2.05) is 0 Å².